The molecule has 0 saturated carbocycles. The maximum Gasteiger partial charge on any atom is 0.298 e. The Morgan fingerprint density at radius 1 is 1.42 bits per heavy atom. The molecule has 6 heteroatoms. The number of ether oxygens (including phenoxy) is 1. The molecule has 0 N–H and O–H groups in total. The van der Waals surface area contributed by atoms with Crippen LogP contribution in [0.3, 0.4) is 0 Å². The predicted molar refractivity (Wildman–Crippen MR) is 76.0 cm³/mol. The van der Waals surface area contributed by atoms with E-state index in [0.717, 1.165) is 10.4 Å². The van der Waals surface area contributed by atoms with Crippen LogP contribution in [0.2, 0.25) is 0 Å². The standard InChI is InChI=1S/C13H12N2O3S/c1-9-5-6-19-13(9)8-14-11-4-3-10(18-2)7-12(11)15(16)17/h3-8H,1-2H3. The molecule has 0 amide bonds. The van der Waals surface area contributed by atoms with Crippen molar-refractivity contribution in [2.24, 2.45) is 4.99 Å². The highest BCUT2D eigenvalue weighted by molar-refractivity contribution is 7.11. The molecule has 0 unspecified atom stereocenters. The van der Waals surface area contributed by atoms with Gasteiger partial charge in [0.1, 0.15) is 11.4 Å². The Morgan fingerprint density at radius 2 is 2.21 bits per heavy atom. The van der Waals surface area contributed by atoms with E-state index in [1.165, 1.54) is 13.2 Å². The molecule has 2 aromatic rings. The average molecular weight is 276 g/mol. The van der Waals surface area contributed by atoms with Crippen LogP contribution in [0.1, 0.15) is 10.4 Å². The molecular formula is C13H12N2O3S. The lowest BCUT2D eigenvalue weighted by atomic mass is 10.2. The van der Waals surface area contributed by atoms with Crippen molar-refractivity contribution < 1.29 is 9.66 Å². The molecule has 0 aliphatic rings. The second-order valence-electron chi connectivity index (χ2n) is 3.84. The Balaban J connectivity index is 2.37. The molecule has 1 aromatic carbocycles. The summed E-state index contributed by atoms with van der Waals surface area (Å²) in [4.78, 5) is 15.7. The number of aliphatic imine (C=N–C) groups is 1. The number of rotatable bonds is 4. The van der Waals surface area contributed by atoms with Crippen LogP contribution in [0.4, 0.5) is 11.4 Å². The SMILES string of the molecule is COc1ccc(N=Cc2sccc2C)c([N+](=O)[O-])c1. The highest BCUT2D eigenvalue weighted by Gasteiger charge is 2.14. The minimum absolute atomic E-state index is 0.0650. The van der Waals surface area contributed by atoms with Crippen molar-refractivity contribution in [3.63, 3.8) is 0 Å². The van der Waals surface area contributed by atoms with E-state index in [-0.39, 0.29) is 5.69 Å². The van der Waals surface area contributed by atoms with Crippen LogP contribution in [0.5, 0.6) is 5.75 Å². The molecule has 1 aromatic heterocycles. The Labute approximate surface area is 114 Å². The molecule has 19 heavy (non-hydrogen) atoms. The summed E-state index contributed by atoms with van der Waals surface area (Å²) >= 11 is 1.55. The Kier molecular flexibility index (Phi) is 3.91. The molecule has 98 valence electrons. The summed E-state index contributed by atoms with van der Waals surface area (Å²) in [6.07, 6.45) is 1.65. The first kappa shape index (κ1) is 13.2. The van der Waals surface area contributed by atoms with Gasteiger partial charge in [-0.25, -0.2) is 4.99 Å². The summed E-state index contributed by atoms with van der Waals surface area (Å²) in [5.41, 5.74) is 1.35. The van der Waals surface area contributed by atoms with Crippen molar-refractivity contribution in [2.45, 2.75) is 6.92 Å². The molecular weight excluding hydrogens is 264 g/mol. The topological polar surface area (TPSA) is 64.7 Å². The summed E-state index contributed by atoms with van der Waals surface area (Å²) in [6, 6.07) is 6.58. The zero-order valence-electron chi connectivity index (χ0n) is 10.5. The van der Waals surface area contributed by atoms with Crippen molar-refractivity contribution in [3.05, 3.63) is 50.2 Å². The molecule has 0 radical (unpaired) electrons. The van der Waals surface area contributed by atoms with Crippen LogP contribution in [-0.4, -0.2) is 18.2 Å². The van der Waals surface area contributed by atoms with Gasteiger partial charge in [-0.05, 0) is 36.1 Å². The number of aryl methyl sites for hydroxylation is 1. The number of hydrogen-bond donors (Lipinski definition) is 0. The van der Waals surface area contributed by atoms with Crippen LogP contribution in [0.15, 0.2) is 34.6 Å². The summed E-state index contributed by atoms with van der Waals surface area (Å²) < 4.78 is 4.98. The van der Waals surface area contributed by atoms with Gasteiger partial charge in [0.05, 0.1) is 18.1 Å². The largest absolute Gasteiger partial charge is 0.496 e. The third-order valence-corrected chi connectivity index (χ3v) is 3.56. The molecule has 5 nitrogen and oxygen atoms in total. The Hall–Kier alpha value is -2.21. The van der Waals surface area contributed by atoms with Gasteiger partial charge in [0.2, 0.25) is 0 Å². The van der Waals surface area contributed by atoms with E-state index in [0.29, 0.717) is 11.4 Å². The highest BCUT2D eigenvalue weighted by atomic mass is 32.1. The maximum atomic E-state index is 11.0. The van der Waals surface area contributed by atoms with E-state index in [9.17, 15) is 10.1 Å². The minimum Gasteiger partial charge on any atom is -0.496 e. The van der Waals surface area contributed by atoms with E-state index in [1.807, 2.05) is 18.4 Å². The monoisotopic (exact) mass is 276 g/mol. The maximum absolute atomic E-state index is 11.0. The van der Waals surface area contributed by atoms with Gasteiger partial charge < -0.3 is 4.74 Å². The first-order valence-electron chi connectivity index (χ1n) is 5.52. The quantitative estimate of drug-likeness (QED) is 0.485. The van der Waals surface area contributed by atoms with Gasteiger partial charge in [0, 0.05) is 11.1 Å². The van der Waals surface area contributed by atoms with Gasteiger partial charge in [-0.15, -0.1) is 11.3 Å². The van der Waals surface area contributed by atoms with Crippen LogP contribution in [0.25, 0.3) is 0 Å². The van der Waals surface area contributed by atoms with E-state index < -0.39 is 4.92 Å². The molecule has 0 aliphatic carbocycles. The number of methoxy groups -OCH3 is 1. The lowest BCUT2D eigenvalue weighted by Gasteiger charge is -2.01. The molecule has 1 heterocycles. The number of nitro benzene ring substituents is 1. The first-order chi connectivity index (χ1) is 9.11. The van der Waals surface area contributed by atoms with Crippen molar-refractivity contribution in [2.75, 3.05) is 7.11 Å². The lowest BCUT2D eigenvalue weighted by molar-refractivity contribution is -0.384. The van der Waals surface area contributed by atoms with Crippen LogP contribution in [0, 0.1) is 17.0 Å². The molecule has 0 atom stereocenters. The van der Waals surface area contributed by atoms with Crippen molar-refractivity contribution in [1.82, 2.24) is 0 Å². The van der Waals surface area contributed by atoms with Crippen molar-refractivity contribution in [3.8, 4) is 5.75 Å². The predicted octanol–water partition coefficient (Wildman–Crippen LogP) is 3.72. The summed E-state index contributed by atoms with van der Waals surface area (Å²) in [7, 11) is 1.47. The smallest absolute Gasteiger partial charge is 0.298 e. The average Bonchev–Trinajstić information content (AvgIpc) is 2.81. The fraction of sp³-hybridized carbons (Fsp3) is 0.154. The number of nitro groups is 1. The van der Waals surface area contributed by atoms with E-state index in [2.05, 4.69) is 4.99 Å². The van der Waals surface area contributed by atoms with E-state index >= 15 is 0 Å². The van der Waals surface area contributed by atoms with Gasteiger partial charge in [0.15, 0.2) is 0 Å². The van der Waals surface area contributed by atoms with Gasteiger partial charge in [-0.3, -0.25) is 10.1 Å². The van der Waals surface area contributed by atoms with Gasteiger partial charge in [0.25, 0.3) is 5.69 Å². The summed E-state index contributed by atoms with van der Waals surface area (Å²) in [5, 5.41) is 13.0. The summed E-state index contributed by atoms with van der Waals surface area (Å²) in [5.74, 6) is 0.443. The normalized spacial score (nSPS) is 10.8. The van der Waals surface area contributed by atoms with Crippen LogP contribution >= 0.6 is 11.3 Å². The fourth-order valence-electron chi connectivity index (χ4n) is 1.53. The van der Waals surface area contributed by atoms with Crippen molar-refractivity contribution >= 4 is 28.9 Å². The molecule has 0 fully saturated rings. The number of benzene rings is 1. The number of hydrogen-bond acceptors (Lipinski definition) is 5. The van der Waals surface area contributed by atoms with Gasteiger partial charge in [-0.1, -0.05) is 0 Å². The first-order valence-corrected chi connectivity index (χ1v) is 6.40. The Bertz CT molecular complexity index is 635. The second-order valence-corrected chi connectivity index (χ2v) is 4.79. The van der Waals surface area contributed by atoms with E-state index in [4.69, 9.17) is 4.74 Å². The molecule has 0 bridgehead atoms. The third-order valence-electron chi connectivity index (χ3n) is 2.60. The molecule has 0 saturated heterocycles. The highest BCUT2D eigenvalue weighted by Crippen LogP contribution is 2.31. The molecule has 0 aliphatic heterocycles. The molecule has 2 rings (SSSR count). The van der Waals surface area contributed by atoms with Gasteiger partial charge >= 0.3 is 0 Å². The van der Waals surface area contributed by atoms with Crippen LogP contribution in [-0.2, 0) is 0 Å². The third kappa shape index (κ3) is 2.97. The second kappa shape index (κ2) is 5.62. The number of nitrogens with zero attached hydrogens (tertiary/aromatic N) is 2. The van der Waals surface area contributed by atoms with E-state index in [1.54, 1.807) is 29.7 Å². The number of thiophene rings is 1. The van der Waals surface area contributed by atoms with Crippen molar-refractivity contribution in [1.29, 1.82) is 0 Å². The summed E-state index contributed by atoms with van der Waals surface area (Å²) in [6.45, 7) is 1.97. The zero-order chi connectivity index (χ0) is 13.8. The fourth-order valence-corrected chi connectivity index (χ4v) is 2.32. The zero-order valence-corrected chi connectivity index (χ0v) is 11.3. The minimum atomic E-state index is -0.462. The lowest BCUT2D eigenvalue weighted by Crippen LogP contribution is -1.91. The Morgan fingerprint density at radius 3 is 2.79 bits per heavy atom. The molecule has 0 spiro atoms. The van der Waals surface area contributed by atoms with Crippen LogP contribution < -0.4 is 4.74 Å². The van der Waals surface area contributed by atoms with Gasteiger partial charge in [-0.2, -0.15) is 0 Å².